The Kier molecular flexibility index (Phi) is 4.56. The first-order chi connectivity index (χ1) is 12.1. The third-order valence-corrected chi connectivity index (χ3v) is 5.31. The van der Waals surface area contributed by atoms with Crippen LogP contribution in [-0.4, -0.2) is 72.9 Å². The second-order valence-electron chi connectivity index (χ2n) is 7.33. The summed E-state index contributed by atoms with van der Waals surface area (Å²) in [5, 5.41) is 9.48. The van der Waals surface area contributed by atoms with E-state index in [9.17, 15) is 9.90 Å². The van der Waals surface area contributed by atoms with Crippen molar-refractivity contribution in [1.82, 2.24) is 9.80 Å². The van der Waals surface area contributed by atoms with Crippen molar-refractivity contribution in [3.63, 3.8) is 0 Å². The van der Waals surface area contributed by atoms with Gasteiger partial charge in [-0.1, -0.05) is 6.07 Å². The van der Waals surface area contributed by atoms with E-state index in [0.717, 1.165) is 44.1 Å². The Bertz CT molecular complexity index is 640. The molecular formula is C19H26N2O4. The van der Waals surface area contributed by atoms with Gasteiger partial charge in [0.25, 0.3) is 0 Å². The van der Waals surface area contributed by atoms with Crippen LogP contribution in [0.4, 0.5) is 0 Å². The van der Waals surface area contributed by atoms with E-state index in [1.165, 1.54) is 5.56 Å². The van der Waals surface area contributed by atoms with Crippen LogP contribution in [0.1, 0.15) is 24.8 Å². The molecule has 0 aromatic heterocycles. The van der Waals surface area contributed by atoms with E-state index < -0.39 is 0 Å². The monoisotopic (exact) mass is 346 g/mol. The summed E-state index contributed by atoms with van der Waals surface area (Å²) in [5.74, 6) is 2.28. The zero-order valence-corrected chi connectivity index (χ0v) is 14.7. The first-order valence-electron chi connectivity index (χ1n) is 9.20. The molecule has 2 aliphatic heterocycles. The predicted octanol–water partition coefficient (Wildman–Crippen LogP) is 1.09. The van der Waals surface area contributed by atoms with Gasteiger partial charge in [-0.2, -0.15) is 0 Å². The second-order valence-corrected chi connectivity index (χ2v) is 7.33. The molecule has 1 saturated carbocycles. The van der Waals surface area contributed by atoms with Crippen LogP contribution in [0.5, 0.6) is 11.5 Å². The molecule has 25 heavy (non-hydrogen) atoms. The SMILES string of the molecule is C[C@@H](O)CN1CCN(C(=O)[C@@H]2C[C@@H]2c2ccc3c(c2)OCCO3)CC1. The summed E-state index contributed by atoms with van der Waals surface area (Å²) in [7, 11) is 0. The molecule has 0 radical (unpaired) electrons. The third kappa shape index (κ3) is 3.60. The van der Waals surface area contributed by atoms with E-state index in [2.05, 4.69) is 11.0 Å². The highest BCUT2D eigenvalue weighted by Crippen LogP contribution is 2.50. The number of carbonyl (C=O) groups is 1. The maximum absolute atomic E-state index is 12.8. The summed E-state index contributed by atoms with van der Waals surface area (Å²) in [6.07, 6.45) is 0.608. The molecule has 4 rings (SSSR count). The van der Waals surface area contributed by atoms with Crippen LogP contribution in [0, 0.1) is 5.92 Å². The Morgan fingerprint density at radius 3 is 2.64 bits per heavy atom. The van der Waals surface area contributed by atoms with Crippen LogP contribution >= 0.6 is 0 Å². The average molecular weight is 346 g/mol. The van der Waals surface area contributed by atoms with Crippen LogP contribution in [0.3, 0.4) is 0 Å². The fourth-order valence-corrected chi connectivity index (χ4v) is 3.89. The molecule has 0 spiro atoms. The van der Waals surface area contributed by atoms with E-state index >= 15 is 0 Å². The molecule has 0 bridgehead atoms. The molecule has 6 nitrogen and oxygen atoms in total. The lowest BCUT2D eigenvalue weighted by Crippen LogP contribution is -2.50. The van der Waals surface area contributed by atoms with Crippen molar-refractivity contribution >= 4 is 5.91 Å². The number of hydrogen-bond donors (Lipinski definition) is 1. The molecule has 1 aliphatic carbocycles. The number of fused-ring (bicyclic) bond motifs is 1. The number of amides is 1. The fourth-order valence-electron chi connectivity index (χ4n) is 3.89. The number of piperazine rings is 1. The lowest BCUT2D eigenvalue weighted by molar-refractivity contribution is -0.134. The number of aliphatic hydroxyl groups excluding tert-OH is 1. The van der Waals surface area contributed by atoms with Crippen molar-refractivity contribution < 1.29 is 19.4 Å². The van der Waals surface area contributed by atoms with Gasteiger partial charge in [-0.15, -0.1) is 0 Å². The highest BCUT2D eigenvalue weighted by molar-refractivity contribution is 5.83. The van der Waals surface area contributed by atoms with Gasteiger partial charge in [0.05, 0.1) is 6.10 Å². The van der Waals surface area contributed by atoms with Crippen LogP contribution in [0.2, 0.25) is 0 Å². The maximum Gasteiger partial charge on any atom is 0.226 e. The third-order valence-electron chi connectivity index (χ3n) is 5.31. The molecule has 1 saturated heterocycles. The van der Waals surface area contributed by atoms with Gasteiger partial charge >= 0.3 is 0 Å². The van der Waals surface area contributed by atoms with Gasteiger partial charge < -0.3 is 19.5 Å². The minimum absolute atomic E-state index is 0.103. The van der Waals surface area contributed by atoms with E-state index in [4.69, 9.17) is 9.47 Å². The molecule has 136 valence electrons. The Morgan fingerprint density at radius 2 is 1.92 bits per heavy atom. The van der Waals surface area contributed by atoms with E-state index in [-0.39, 0.29) is 17.9 Å². The van der Waals surface area contributed by atoms with Gasteiger partial charge in [-0.05, 0) is 37.0 Å². The van der Waals surface area contributed by atoms with Gasteiger partial charge in [0, 0.05) is 38.6 Å². The summed E-state index contributed by atoms with van der Waals surface area (Å²) in [6.45, 7) is 6.88. The van der Waals surface area contributed by atoms with Crippen molar-refractivity contribution in [1.29, 1.82) is 0 Å². The molecule has 3 atom stereocenters. The lowest BCUT2D eigenvalue weighted by Gasteiger charge is -2.35. The summed E-state index contributed by atoms with van der Waals surface area (Å²) in [6, 6.07) is 6.05. The Hall–Kier alpha value is -1.79. The van der Waals surface area contributed by atoms with Crippen molar-refractivity contribution in [2.24, 2.45) is 5.92 Å². The van der Waals surface area contributed by atoms with Crippen LogP contribution < -0.4 is 9.47 Å². The van der Waals surface area contributed by atoms with Crippen molar-refractivity contribution in [2.45, 2.75) is 25.4 Å². The van der Waals surface area contributed by atoms with E-state index in [0.29, 0.717) is 25.7 Å². The van der Waals surface area contributed by atoms with E-state index in [1.54, 1.807) is 6.92 Å². The molecule has 6 heteroatoms. The molecule has 2 heterocycles. The highest BCUT2D eigenvalue weighted by atomic mass is 16.6. The van der Waals surface area contributed by atoms with Gasteiger partial charge in [0.2, 0.25) is 5.91 Å². The second kappa shape index (κ2) is 6.84. The number of ether oxygens (including phenoxy) is 2. The Morgan fingerprint density at radius 1 is 1.20 bits per heavy atom. The smallest absolute Gasteiger partial charge is 0.226 e. The first-order valence-corrected chi connectivity index (χ1v) is 9.20. The van der Waals surface area contributed by atoms with Gasteiger partial charge in [-0.25, -0.2) is 0 Å². The lowest BCUT2D eigenvalue weighted by atomic mass is 10.1. The number of aliphatic hydroxyl groups is 1. The number of hydrogen-bond acceptors (Lipinski definition) is 5. The van der Waals surface area contributed by atoms with Crippen molar-refractivity contribution in [3.8, 4) is 11.5 Å². The topological polar surface area (TPSA) is 62.2 Å². The maximum atomic E-state index is 12.8. The van der Waals surface area contributed by atoms with Crippen LogP contribution in [0.15, 0.2) is 18.2 Å². The number of rotatable bonds is 4. The van der Waals surface area contributed by atoms with Crippen LogP contribution in [0.25, 0.3) is 0 Å². The molecule has 1 aromatic carbocycles. The van der Waals surface area contributed by atoms with Gasteiger partial charge in [0.15, 0.2) is 11.5 Å². The molecule has 1 amide bonds. The number of carbonyl (C=O) groups excluding carboxylic acids is 1. The average Bonchev–Trinajstić information content (AvgIpc) is 3.41. The zero-order valence-electron chi connectivity index (χ0n) is 14.7. The highest BCUT2D eigenvalue weighted by Gasteiger charge is 2.46. The normalized spacial score (nSPS) is 27.0. The fraction of sp³-hybridized carbons (Fsp3) is 0.632. The molecule has 0 unspecified atom stereocenters. The largest absolute Gasteiger partial charge is 0.486 e. The minimum Gasteiger partial charge on any atom is -0.486 e. The quantitative estimate of drug-likeness (QED) is 0.884. The number of nitrogens with zero attached hydrogens (tertiary/aromatic N) is 2. The van der Waals surface area contributed by atoms with Crippen molar-refractivity contribution in [2.75, 3.05) is 45.9 Å². The Balaban J connectivity index is 1.33. The van der Waals surface area contributed by atoms with E-state index in [1.807, 2.05) is 17.0 Å². The summed E-state index contributed by atoms with van der Waals surface area (Å²) < 4.78 is 11.2. The summed E-state index contributed by atoms with van der Waals surface area (Å²) >= 11 is 0. The minimum atomic E-state index is -0.315. The first kappa shape index (κ1) is 16.7. The molecule has 1 N–H and O–H groups in total. The summed E-state index contributed by atoms with van der Waals surface area (Å²) in [4.78, 5) is 17.0. The predicted molar refractivity (Wildman–Crippen MR) is 93.0 cm³/mol. The molecule has 2 fully saturated rings. The van der Waals surface area contributed by atoms with Crippen LogP contribution in [-0.2, 0) is 4.79 Å². The zero-order chi connectivity index (χ0) is 17.4. The van der Waals surface area contributed by atoms with Gasteiger partial charge in [-0.3, -0.25) is 9.69 Å². The Labute approximate surface area is 148 Å². The standard InChI is InChI=1S/C19H26N2O4/c1-13(22)12-20-4-6-21(7-5-20)19(23)16-11-15(16)14-2-3-17-18(10-14)25-9-8-24-17/h2-3,10,13,15-16,22H,4-9,11-12H2,1H3/t13-,15-,16-/m1/s1. The molecule has 1 aromatic rings. The number of β-amino-alcohol motifs (C(OH)–C–C–N with tert-alkyl or cyclic N) is 1. The molecular weight excluding hydrogens is 320 g/mol. The van der Waals surface area contributed by atoms with Crippen molar-refractivity contribution in [3.05, 3.63) is 23.8 Å². The molecule has 3 aliphatic rings. The number of benzene rings is 1. The summed E-state index contributed by atoms with van der Waals surface area (Å²) in [5.41, 5.74) is 1.18. The van der Waals surface area contributed by atoms with Gasteiger partial charge in [0.1, 0.15) is 13.2 Å².